The highest BCUT2D eigenvalue weighted by atomic mass is 19.4. The summed E-state index contributed by atoms with van der Waals surface area (Å²) in [5.74, 6) is -2.00. The summed E-state index contributed by atoms with van der Waals surface area (Å²) in [5, 5.41) is 0. The van der Waals surface area contributed by atoms with Gasteiger partial charge in [0.1, 0.15) is 5.75 Å². The predicted molar refractivity (Wildman–Crippen MR) is 135 cm³/mol. The number of carbonyl (C=O) groups is 1. The van der Waals surface area contributed by atoms with E-state index < -0.39 is 42.4 Å². The fourth-order valence-corrected chi connectivity index (χ4v) is 4.03. The maximum absolute atomic E-state index is 14.0. The Labute approximate surface area is 235 Å². The molecule has 0 amide bonds. The van der Waals surface area contributed by atoms with Crippen LogP contribution in [0.15, 0.2) is 78.9 Å². The number of carbonyl (C=O) groups excluding carboxylic acids is 1. The van der Waals surface area contributed by atoms with Crippen LogP contribution < -0.4 is 14.2 Å². The molecule has 0 bridgehead atoms. The Kier molecular flexibility index (Phi) is 10.1. The average Bonchev–Trinajstić information content (AvgIpc) is 2.94. The van der Waals surface area contributed by atoms with E-state index in [1.165, 1.54) is 43.5 Å². The lowest BCUT2D eigenvalue weighted by Crippen LogP contribution is -2.45. The number of halogens is 8. The highest BCUT2D eigenvalue weighted by molar-refractivity contribution is 5.88. The molecule has 0 saturated heterocycles. The molecule has 5 nitrogen and oxygen atoms in total. The van der Waals surface area contributed by atoms with Gasteiger partial charge in [-0.05, 0) is 42.3 Å². The first kappa shape index (κ1) is 32.2. The third-order valence-electron chi connectivity index (χ3n) is 5.97. The highest BCUT2D eigenvalue weighted by Crippen LogP contribution is 2.41. The van der Waals surface area contributed by atoms with E-state index in [0.29, 0.717) is 11.1 Å². The molecule has 0 N–H and O–H groups in total. The minimum absolute atomic E-state index is 0.0260. The van der Waals surface area contributed by atoms with Crippen molar-refractivity contribution in [3.8, 4) is 17.2 Å². The van der Waals surface area contributed by atoms with Gasteiger partial charge in [0.25, 0.3) is 6.17 Å². The fourth-order valence-electron chi connectivity index (χ4n) is 4.03. The topological polar surface area (TPSA) is 54.0 Å². The Morgan fingerprint density at radius 2 is 1.52 bits per heavy atom. The van der Waals surface area contributed by atoms with Crippen molar-refractivity contribution in [1.82, 2.24) is 0 Å². The standard InChI is InChI=1S/C29H24F8O5/c1-3-27(19-8-5-4-6-9-19,20-10-7-11-21(17-20)41-29(36,37)25(30)28(33,34)35)42-24(38)15-13-18-12-14-22(40-26(31)32)23(16-18)39-2/h4-17,25-26H,3H2,1-2H3/b15-13+. The molecule has 0 aliphatic carbocycles. The van der Waals surface area contributed by atoms with Crippen LogP contribution in [-0.2, 0) is 15.1 Å². The Morgan fingerprint density at radius 1 is 0.857 bits per heavy atom. The van der Waals surface area contributed by atoms with E-state index in [1.54, 1.807) is 37.3 Å². The van der Waals surface area contributed by atoms with Crippen molar-refractivity contribution in [3.63, 3.8) is 0 Å². The van der Waals surface area contributed by atoms with Gasteiger partial charge < -0.3 is 18.9 Å². The smallest absolute Gasteiger partial charge is 0.439 e. The zero-order chi connectivity index (χ0) is 31.1. The number of ether oxygens (including phenoxy) is 4. The van der Waals surface area contributed by atoms with Crippen molar-refractivity contribution in [1.29, 1.82) is 0 Å². The second-order valence-electron chi connectivity index (χ2n) is 8.69. The molecular formula is C29H24F8O5. The molecule has 0 heterocycles. The summed E-state index contributed by atoms with van der Waals surface area (Å²) < 4.78 is 124. The van der Waals surface area contributed by atoms with Gasteiger partial charge in [0.15, 0.2) is 17.1 Å². The van der Waals surface area contributed by atoms with Crippen LogP contribution in [0.4, 0.5) is 35.1 Å². The molecular weight excluding hydrogens is 580 g/mol. The van der Waals surface area contributed by atoms with E-state index in [-0.39, 0.29) is 23.5 Å². The van der Waals surface area contributed by atoms with Gasteiger partial charge >= 0.3 is 24.9 Å². The molecule has 13 heteroatoms. The van der Waals surface area contributed by atoms with Crippen LogP contribution in [0.1, 0.15) is 30.0 Å². The lowest BCUT2D eigenvalue weighted by molar-refractivity contribution is -0.305. The summed E-state index contributed by atoms with van der Waals surface area (Å²) in [6, 6.07) is 16.3. The second kappa shape index (κ2) is 13.1. The normalized spacial score (nSPS) is 14.4. The van der Waals surface area contributed by atoms with Crippen LogP contribution in [0.3, 0.4) is 0 Å². The van der Waals surface area contributed by atoms with Crippen LogP contribution in [0.5, 0.6) is 17.2 Å². The Bertz CT molecular complexity index is 1380. The first-order valence-corrected chi connectivity index (χ1v) is 12.2. The van der Waals surface area contributed by atoms with Gasteiger partial charge in [0.2, 0.25) is 0 Å². The van der Waals surface area contributed by atoms with Crippen molar-refractivity contribution in [2.24, 2.45) is 0 Å². The quantitative estimate of drug-likeness (QED) is 0.119. The van der Waals surface area contributed by atoms with Crippen LogP contribution >= 0.6 is 0 Å². The first-order chi connectivity index (χ1) is 19.7. The van der Waals surface area contributed by atoms with Gasteiger partial charge in [0, 0.05) is 17.2 Å². The second-order valence-corrected chi connectivity index (χ2v) is 8.69. The average molecular weight is 604 g/mol. The van der Waals surface area contributed by atoms with E-state index in [4.69, 9.17) is 9.47 Å². The highest BCUT2D eigenvalue weighted by Gasteiger charge is 2.59. The third-order valence-corrected chi connectivity index (χ3v) is 5.97. The van der Waals surface area contributed by atoms with E-state index in [0.717, 1.165) is 18.2 Å². The number of hydrogen-bond donors (Lipinski definition) is 0. The summed E-state index contributed by atoms with van der Waals surface area (Å²) >= 11 is 0. The van der Waals surface area contributed by atoms with Crippen molar-refractivity contribution in [2.45, 2.75) is 44.0 Å². The first-order valence-electron chi connectivity index (χ1n) is 12.2. The molecule has 226 valence electrons. The largest absolute Gasteiger partial charge is 0.493 e. The molecule has 0 aliphatic heterocycles. The van der Waals surface area contributed by atoms with Gasteiger partial charge in [-0.25, -0.2) is 9.18 Å². The molecule has 0 fully saturated rings. The van der Waals surface area contributed by atoms with Gasteiger partial charge in [-0.1, -0.05) is 55.5 Å². The summed E-state index contributed by atoms with van der Waals surface area (Å²) in [4.78, 5) is 13.0. The van der Waals surface area contributed by atoms with E-state index in [2.05, 4.69) is 9.47 Å². The minimum Gasteiger partial charge on any atom is -0.493 e. The van der Waals surface area contributed by atoms with Crippen LogP contribution in [0.2, 0.25) is 0 Å². The molecule has 0 aromatic heterocycles. The lowest BCUT2D eigenvalue weighted by atomic mass is 9.83. The number of alkyl halides is 8. The van der Waals surface area contributed by atoms with Gasteiger partial charge in [-0.15, -0.1) is 0 Å². The molecule has 0 spiro atoms. The zero-order valence-corrected chi connectivity index (χ0v) is 22.0. The molecule has 0 radical (unpaired) electrons. The molecule has 0 aliphatic rings. The van der Waals surface area contributed by atoms with Crippen molar-refractivity contribution in [2.75, 3.05) is 7.11 Å². The number of methoxy groups -OCH3 is 1. The number of hydrogen-bond acceptors (Lipinski definition) is 5. The number of benzene rings is 3. The van der Waals surface area contributed by atoms with Crippen molar-refractivity contribution < 1.29 is 58.9 Å². The molecule has 2 unspecified atom stereocenters. The van der Waals surface area contributed by atoms with Crippen LogP contribution in [0.25, 0.3) is 6.08 Å². The maximum atomic E-state index is 14.0. The molecule has 42 heavy (non-hydrogen) atoms. The Balaban J connectivity index is 1.96. The molecule has 0 saturated carbocycles. The lowest BCUT2D eigenvalue weighted by Gasteiger charge is -2.34. The monoisotopic (exact) mass is 604 g/mol. The minimum atomic E-state index is -5.87. The number of esters is 1. The molecule has 3 rings (SSSR count). The molecule has 3 aromatic rings. The van der Waals surface area contributed by atoms with Crippen LogP contribution in [0, 0.1) is 0 Å². The van der Waals surface area contributed by atoms with E-state index in [1.807, 2.05) is 0 Å². The van der Waals surface area contributed by atoms with Gasteiger partial charge in [0.05, 0.1) is 7.11 Å². The maximum Gasteiger partial charge on any atom is 0.439 e. The van der Waals surface area contributed by atoms with E-state index >= 15 is 0 Å². The van der Waals surface area contributed by atoms with Crippen molar-refractivity contribution in [3.05, 3.63) is 95.6 Å². The third kappa shape index (κ3) is 7.71. The van der Waals surface area contributed by atoms with Crippen LogP contribution in [-0.4, -0.2) is 38.1 Å². The molecule has 3 aromatic carbocycles. The van der Waals surface area contributed by atoms with E-state index in [9.17, 15) is 39.9 Å². The SMILES string of the molecule is CCC(OC(=O)/C=C/c1ccc(OC(F)F)c(OC)c1)(c1ccccc1)c1cccc(OC(F)(F)C(F)C(F)(F)F)c1. The zero-order valence-electron chi connectivity index (χ0n) is 22.0. The summed E-state index contributed by atoms with van der Waals surface area (Å²) in [6.45, 7) is -1.48. The fraction of sp³-hybridized carbons (Fsp3) is 0.276. The van der Waals surface area contributed by atoms with Crippen molar-refractivity contribution >= 4 is 12.0 Å². The summed E-state index contributed by atoms with van der Waals surface area (Å²) in [6.07, 6.45) is -13.4. The number of rotatable bonds is 12. The Hall–Kier alpha value is -4.29. The van der Waals surface area contributed by atoms with Gasteiger partial charge in [-0.2, -0.15) is 30.7 Å². The van der Waals surface area contributed by atoms with Gasteiger partial charge in [-0.3, -0.25) is 0 Å². The summed E-state index contributed by atoms with van der Waals surface area (Å²) in [5.41, 5.74) is -0.880. The molecule has 2 atom stereocenters. The Morgan fingerprint density at radius 3 is 2.12 bits per heavy atom. The summed E-state index contributed by atoms with van der Waals surface area (Å²) in [7, 11) is 1.23. The predicted octanol–water partition coefficient (Wildman–Crippen LogP) is 8.08.